The number of fused-ring (bicyclic) bond motifs is 3. The normalized spacial score (nSPS) is 36.0. The molecule has 1 saturated heterocycles. The highest BCUT2D eigenvalue weighted by Crippen LogP contribution is 2.75. The van der Waals surface area contributed by atoms with E-state index in [2.05, 4.69) is 0 Å². The Hall–Kier alpha value is -2.79. The van der Waals surface area contributed by atoms with Gasteiger partial charge in [-0.1, -0.05) is 23.8 Å². The molecule has 0 amide bonds. The number of methoxy groups -OCH3 is 2. The fourth-order valence-corrected chi connectivity index (χ4v) is 9.00. The molecule has 2 bridgehead atoms. The number of allylic oxidation sites excluding steroid dienone is 1. The number of carbonyl (C=O) groups is 3. The van der Waals surface area contributed by atoms with Crippen LogP contribution in [0.15, 0.2) is 41.5 Å². The molecule has 10 heteroatoms. The molecule has 6 rings (SSSR count). The topological polar surface area (TPSA) is 116 Å². The maximum Gasteiger partial charge on any atom is 0.338 e. The van der Waals surface area contributed by atoms with Crippen molar-refractivity contribution in [2.75, 3.05) is 40.8 Å². The summed E-state index contributed by atoms with van der Waals surface area (Å²) >= 11 is 0. The number of hydrogen-bond acceptors (Lipinski definition) is 10. The lowest BCUT2D eigenvalue weighted by molar-refractivity contribution is -0.289. The molecule has 0 radical (unpaired) electrons. The zero-order valence-corrected chi connectivity index (χ0v) is 24.8. The second-order valence-electron chi connectivity index (χ2n) is 12.3. The van der Waals surface area contributed by atoms with Gasteiger partial charge in [-0.15, -0.1) is 0 Å². The number of ether oxygens (including phenoxy) is 7. The van der Waals surface area contributed by atoms with Crippen LogP contribution in [0.4, 0.5) is 0 Å². The summed E-state index contributed by atoms with van der Waals surface area (Å²) in [7, 11) is 2.90. The van der Waals surface area contributed by atoms with Gasteiger partial charge in [0, 0.05) is 18.9 Å². The molecule has 1 aliphatic heterocycles. The summed E-state index contributed by atoms with van der Waals surface area (Å²) in [5, 5.41) is 0. The Bertz CT molecular complexity index is 1270. The number of carbonyl (C=O) groups excluding carboxylic acids is 3. The minimum atomic E-state index is -1.40. The zero-order chi connectivity index (χ0) is 29.8. The predicted octanol–water partition coefficient (Wildman–Crippen LogP) is 3.97. The first-order valence-electron chi connectivity index (χ1n) is 14.9. The summed E-state index contributed by atoms with van der Waals surface area (Å²) < 4.78 is 41.7. The van der Waals surface area contributed by atoms with Crippen molar-refractivity contribution in [1.29, 1.82) is 0 Å². The molecule has 5 aliphatic rings. The molecule has 1 aromatic rings. The average molecular weight is 585 g/mol. The number of hydrogen-bond donors (Lipinski definition) is 0. The maximum absolute atomic E-state index is 14.1. The van der Waals surface area contributed by atoms with E-state index in [0.29, 0.717) is 56.5 Å². The number of esters is 3. The van der Waals surface area contributed by atoms with Gasteiger partial charge in [-0.3, -0.25) is 9.59 Å². The van der Waals surface area contributed by atoms with Crippen molar-refractivity contribution in [2.45, 2.75) is 69.9 Å². The fraction of sp³-hybridized carbons (Fsp3) is 0.656. The van der Waals surface area contributed by atoms with Crippen molar-refractivity contribution in [2.24, 2.45) is 22.7 Å². The van der Waals surface area contributed by atoms with Gasteiger partial charge in [-0.25, -0.2) is 4.79 Å². The zero-order valence-electron chi connectivity index (χ0n) is 24.8. The summed E-state index contributed by atoms with van der Waals surface area (Å²) in [5.41, 5.74) is -0.800. The smallest absolute Gasteiger partial charge is 0.338 e. The Kier molecular flexibility index (Phi) is 7.48. The van der Waals surface area contributed by atoms with E-state index in [9.17, 15) is 14.4 Å². The van der Waals surface area contributed by atoms with Crippen LogP contribution in [-0.2, 0) is 42.7 Å². The van der Waals surface area contributed by atoms with Gasteiger partial charge in [0.15, 0.2) is 5.79 Å². The van der Waals surface area contributed by atoms with Crippen LogP contribution in [0.3, 0.4) is 0 Å². The summed E-state index contributed by atoms with van der Waals surface area (Å²) in [6.07, 6.45) is 2.43. The molecule has 3 fully saturated rings. The molecule has 2 saturated carbocycles. The summed E-state index contributed by atoms with van der Waals surface area (Å²) in [4.78, 5) is 41.3. The molecule has 1 heterocycles. The molecular weight excluding hydrogens is 544 g/mol. The molecule has 1 aromatic carbocycles. The van der Waals surface area contributed by atoms with Crippen molar-refractivity contribution >= 4 is 17.9 Å². The van der Waals surface area contributed by atoms with Crippen LogP contribution in [0.5, 0.6) is 0 Å². The van der Waals surface area contributed by atoms with Crippen LogP contribution in [0.25, 0.3) is 0 Å². The molecular formula is C32H40O10. The summed E-state index contributed by atoms with van der Waals surface area (Å²) in [6, 6.07) is 8.69. The van der Waals surface area contributed by atoms with Crippen molar-refractivity contribution in [3.8, 4) is 0 Å². The number of rotatable bonds is 8. The maximum atomic E-state index is 14.1. The second kappa shape index (κ2) is 10.7. The standard InChI is InChI=1S/C32H40O10/c1-5-38-27(34)25-24-21(11-12-23(29(24,2)28(35)37-4)42-26(33)20-9-7-6-8-10-20)22-13-14-31(41-19-36-3)17-30(22,25)18-32(31)39-15-16-40-32/h6-10,22-23,25H,5,11-19H2,1-4H3/t22-,23+,25-,29+,30+,31-/m0/s1. The van der Waals surface area contributed by atoms with E-state index in [-0.39, 0.29) is 19.3 Å². The second-order valence-corrected chi connectivity index (χ2v) is 12.3. The van der Waals surface area contributed by atoms with Crippen LogP contribution in [0.2, 0.25) is 0 Å². The lowest BCUT2D eigenvalue weighted by Gasteiger charge is -2.45. The third kappa shape index (κ3) is 4.02. The van der Waals surface area contributed by atoms with Gasteiger partial charge in [-0.05, 0) is 69.6 Å². The highest BCUT2D eigenvalue weighted by molar-refractivity contribution is 5.91. The SMILES string of the molecule is CCOC(=O)[C@@H]1C2=C(CC[C@@H](OC(=O)c3ccccc3)[C@@]2(C)C(=O)OC)[C@@H]2CC[C@]3(OCOC)C[C@]12CC31OCCO1. The van der Waals surface area contributed by atoms with Crippen LogP contribution < -0.4 is 0 Å². The van der Waals surface area contributed by atoms with Crippen molar-refractivity contribution < 1.29 is 47.5 Å². The molecule has 0 aromatic heterocycles. The molecule has 4 aliphatic carbocycles. The van der Waals surface area contributed by atoms with Crippen LogP contribution in [0.1, 0.15) is 62.7 Å². The molecule has 228 valence electrons. The summed E-state index contributed by atoms with van der Waals surface area (Å²) in [6.45, 7) is 4.61. The van der Waals surface area contributed by atoms with Crippen molar-refractivity contribution in [1.82, 2.24) is 0 Å². The van der Waals surface area contributed by atoms with Gasteiger partial charge in [0.25, 0.3) is 0 Å². The molecule has 0 N–H and O–H groups in total. The first kappa shape index (κ1) is 29.3. The predicted molar refractivity (Wildman–Crippen MR) is 147 cm³/mol. The van der Waals surface area contributed by atoms with E-state index >= 15 is 0 Å². The average Bonchev–Trinajstić information content (AvgIpc) is 3.64. The Morgan fingerprint density at radius 3 is 2.43 bits per heavy atom. The molecule has 0 unspecified atom stereocenters. The van der Waals surface area contributed by atoms with E-state index in [1.54, 1.807) is 45.2 Å². The lowest BCUT2D eigenvalue weighted by Crippen LogP contribution is -2.54. The highest BCUT2D eigenvalue weighted by Gasteiger charge is 2.78. The van der Waals surface area contributed by atoms with E-state index in [0.717, 1.165) is 12.0 Å². The van der Waals surface area contributed by atoms with Gasteiger partial charge in [0.2, 0.25) is 0 Å². The van der Waals surface area contributed by atoms with E-state index in [1.165, 1.54) is 7.11 Å². The Balaban J connectivity index is 1.47. The lowest BCUT2D eigenvalue weighted by atomic mass is 9.61. The first-order valence-corrected chi connectivity index (χ1v) is 14.9. The van der Waals surface area contributed by atoms with Gasteiger partial charge < -0.3 is 33.2 Å². The van der Waals surface area contributed by atoms with Gasteiger partial charge >= 0.3 is 17.9 Å². The van der Waals surface area contributed by atoms with Crippen molar-refractivity contribution in [3.05, 3.63) is 47.0 Å². The first-order chi connectivity index (χ1) is 20.2. The van der Waals surface area contributed by atoms with Gasteiger partial charge in [0.1, 0.15) is 23.9 Å². The van der Waals surface area contributed by atoms with Gasteiger partial charge in [0.05, 0.1) is 38.4 Å². The van der Waals surface area contributed by atoms with E-state index < -0.39 is 52.1 Å². The van der Waals surface area contributed by atoms with E-state index in [1.807, 2.05) is 6.07 Å². The van der Waals surface area contributed by atoms with E-state index in [4.69, 9.17) is 33.2 Å². The largest absolute Gasteiger partial charge is 0.468 e. The van der Waals surface area contributed by atoms with Crippen LogP contribution >= 0.6 is 0 Å². The summed E-state index contributed by atoms with van der Waals surface area (Å²) in [5.74, 6) is -3.34. The minimum Gasteiger partial charge on any atom is -0.468 e. The number of benzene rings is 1. The van der Waals surface area contributed by atoms with Gasteiger partial charge in [-0.2, -0.15) is 0 Å². The quantitative estimate of drug-likeness (QED) is 0.192. The fourth-order valence-electron chi connectivity index (χ4n) is 9.00. The third-order valence-corrected chi connectivity index (χ3v) is 10.5. The monoisotopic (exact) mass is 584 g/mol. The highest BCUT2D eigenvalue weighted by atomic mass is 16.8. The van der Waals surface area contributed by atoms with Crippen LogP contribution in [0, 0.1) is 22.7 Å². The third-order valence-electron chi connectivity index (χ3n) is 10.5. The minimum absolute atomic E-state index is 0.0249. The molecule has 2 spiro atoms. The molecule has 6 atom stereocenters. The Labute approximate surface area is 245 Å². The Morgan fingerprint density at radius 1 is 1.02 bits per heavy atom. The van der Waals surface area contributed by atoms with Crippen molar-refractivity contribution in [3.63, 3.8) is 0 Å². The molecule has 42 heavy (non-hydrogen) atoms. The Morgan fingerprint density at radius 2 is 1.76 bits per heavy atom. The van der Waals surface area contributed by atoms with Crippen LogP contribution in [-0.4, -0.2) is 76.2 Å². The molecule has 10 nitrogen and oxygen atoms in total.